The smallest absolute Gasteiger partial charge is 0.159 e. The third-order valence-electron chi connectivity index (χ3n) is 4.67. The van der Waals surface area contributed by atoms with Crippen LogP contribution in [0.4, 0.5) is 23.0 Å². The second-order valence-corrected chi connectivity index (χ2v) is 6.73. The maximum absolute atomic E-state index is 6.40. The van der Waals surface area contributed by atoms with Gasteiger partial charge in [0.15, 0.2) is 11.6 Å². The maximum Gasteiger partial charge on any atom is 0.159 e. The molecule has 1 aromatic carbocycles. The summed E-state index contributed by atoms with van der Waals surface area (Å²) < 4.78 is 0. The Kier molecular flexibility index (Phi) is 5.09. The van der Waals surface area contributed by atoms with Gasteiger partial charge >= 0.3 is 0 Å². The number of halogens is 1. The van der Waals surface area contributed by atoms with Gasteiger partial charge in [0.2, 0.25) is 0 Å². The molecule has 1 aliphatic heterocycles. The SMILES string of the molecule is CCC1CCCCN1c1ncnc(Nc2ccc(Cl)cc2C)c1N. The standard InChI is InChI=1S/C18H24ClN5/c1-3-14-6-4-5-9-24(14)18-16(20)17(21-11-22-18)23-15-8-7-13(19)10-12(15)2/h7-8,10-11,14H,3-6,9,20H2,1-2H3,(H,21,22,23). The van der Waals surface area contributed by atoms with E-state index in [4.69, 9.17) is 17.3 Å². The lowest BCUT2D eigenvalue weighted by atomic mass is 10.00. The fourth-order valence-corrected chi connectivity index (χ4v) is 3.54. The summed E-state index contributed by atoms with van der Waals surface area (Å²) in [6.45, 7) is 5.22. The normalized spacial score (nSPS) is 17.8. The van der Waals surface area contributed by atoms with Crippen molar-refractivity contribution in [3.8, 4) is 0 Å². The molecule has 3 N–H and O–H groups in total. The number of nitrogens with one attached hydrogen (secondary N) is 1. The van der Waals surface area contributed by atoms with Crippen molar-refractivity contribution < 1.29 is 0 Å². The van der Waals surface area contributed by atoms with Crippen LogP contribution in [0.5, 0.6) is 0 Å². The summed E-state index contributed by atoms with van der Waals surface area (Å²) in [6.07, 6.45) is 6.33. The molecule has 1 atom stereocenters. The molecular formula is C18H24ClN5. The highest BCUT2D eigenvalue weighted by Crippen LogP contribution is 2.34. The molecule has 128 valence electrons. The summed E-state index contributed by atoms with van der Waals surface area (Å²) in [5.74, 6) is 1.48. The number of aryl methyl sites for hydroxylation is 1. The van der Waals surface area contributed by atoms with Crippen LogP contribution in [0.1, 0.15) is 38.2 Å². The van der Waals surface area contributed by atoms with Crippen molar-refractivity contribution in [2.24, 2.45) is 0 Å². The molecule has 1 saturated heterocycles. The summed E-state index contributed by atoms with van der Waals surface area (Å²) in [5.41, 5.74) is 9.00. The summed E-state index contributed by atoms with van der Waals surface area (Å²) in [7, 11) is 0. The number of hydrogen-bond donors (Lipinski definition) is 2. The Balaban J connectivity index is 1.90. The minimum Gasteiger partial charge on any atom is -0.393 e. The molecule has 1 aliphatic rings. The van der Waals surface area contributed by atoms with Crippen molar-refractivity contribution in [1.82, 2.24) is 9.97 Å². The number of piperidine rings is 1. The lowest BCUT2D eigenvalue weighted by molar-refractivity contribution is 0.447. The van der Waals surface area contributed by atoms with Crippen LogP contribution < -0.4 is 16.0 Å². The van der Waals surface area contributed by atoms with Gasteiger partial charge < -0.3 is 16.0 Å². The third-order valence-corrected chi connectivity index (χ3v) is 4.91. The predicted octanol–water partition coefficient (Wildman–Crippen LogP) is 4.53. The number of nitrogen functional groups attached to an aromatic ring is 1. The van der Waals surface area contributed by atoms with Crippen LogP contribution in [-0.2, 0) is 0 Å². The minimum atomic E-state index is 0.501. The Morgan fingerprint density at radius 3 is 2.92 bits per heavy atom. The number of nitrogens with zero attached hydrogens (tertiary/aromatic N) is 3. The Morgan fingerprint density at radius 2 is 2.17 bits per heavy atom. The van der Waals surface area contributed by atoms with Crippen molar-refractivity contribution in [3.05, 3.63) is 35.1 Å². The van der Waals surface area contributed by atoms with Crippen molar-refractivity contribution >= 4 is 34.6 Å². The van der Waals surface area contributed by atoms with E-state index in [9.17, 15) is 0 Å². The zero-order valence-electron chi connectivity index (χ0n) is 14.2. The average molecular weight is 346 g/mol. The van der Waals surface area contributed by atoms with Gasteiger partial charge in [-0.05, 0) is 56.4 Å². The van der Waals surface area contributed by atoms with Gasteiger partial charge in [-0.2, -0.15) is 0 Å². The highest BCUT2D eigenvalue weighted by atomic mass is 35.5. The van der Waals surface area contributed by atoms with Crippen LogP contribution in [0.2, 0.25) is 5.02 Å². The van der Waals surface area contributed by atoms with E-state index in [1.807, 2.05) is 25.1 Å². The van der Waals surface area contributed by atoms with Crippen LogP contribution in [0.25, 0.3) is 0 Å². The lowest BCUT2D eigenvalue weighted by Gasteiger charge is -2.36. The van der Waals surface area contributed by atoms with Gasteiger partial charge in [0.25, 0.3) is 0 Å². The zero-order valence-corrected chi connectivity index (χ0v) is 15.0. The minimum absolute atomic E-state index is 0.501. The Hall–Kier alpha value is -2.01. The van der Waals surface area contributed by atoms with Crippen LogP contribution >= 0.6 is 11.6 Å². The van der Waals surface area contributed by atoms with Gasteiger partial charge in [-0.25, -0.2) is 9.97 Å². The molecule has 1 fully saturated rings. The molecule has 0 bridgehead atoms. The van der Waals surface area contributed by atoms with Crippen LogP contribution in [0, 0.1) is 6.92 Å². The molecule has 5 nitrogen and oxygen atoms in total. The van der Waals surface area contributed by atoms with Crippen molar-refractivity contribution in [1.29, 1.82) is 0 Å². The first-order chi connectivity index (χ1) is 11.6. The summed E-state index contributed by atoms with van der Waals surface area (Å²) in [5, 5.41) is 4.03. The molecule has 24 heavy (non-hydrogen) atoms. The molecule has 1 unspecified atom stereocenters. The van der Waals surface area contributed by atoms with E-state index in [0.29, 0.717) is 22.6 Å². The van der Waals surface area contributed by atoms with E-state index >= 15 is 0 Å². The lowest BCUT2D eigenvalue weighted by Crippen LogP contribution is -2.40. The number of rotatable bonds is 4. The highest BCUT2D eigenvalue weighted by Gasteiger charge is 2.25. The fourth-order valence-electron chi connectivity index (χ4n) is 3.31. The van der Waals surface area contributed by atoms with E-state index in [1.165, 1.54) is 19.3 Å². The summed E-state index contributed by atoms with van der Waals surface area (Å²) in [4.78, 5) is 11.1. The monoisotopic (exact) mass is 345 g/mol. The van der Waals surface area contributed by atoms with Crippen molar-refractivity contribution in [2.75, 3.05) is 22.5 Å². The fraction of sp³-hybridized carbons (Fsp3) is 0.444. The Bertz CT molecular complexity index is 719. The van der Waals surface area contributed by atoms with E-state index < -0.39 is 0 Å². The molecule has 2 heterocycles. The molecule has 1 aromatic heterocycles. The van der Waals surface area contributed by atoms with E-state index in [-0.39, 0.29) is 0 Å². The van der Waals surface area contributed by atoms with Gasteiger partial charge in [0.1, 0.15) is 12.0 Å². The number of benzene rings is 1. The molecule has 0 aliphatic carbocycles. The van der Waals surface area contributed by atoms with Crippen LogP contribution in [0.15, 0.2) is 24.5 Å². The number of hydrogen-bond acceptors (Lipinski definition) is 5. The Labute approximate surface area is 148 Å². The van der Waals surface area contributed by atoms with Crippen LogP contribution in [-0.4, -0.2) is 22.6 Å². The Morgan fingerprint density at radius 1 is 1.33 bits per heavy atom. The summed E-state index contributed by atoms with van der Waals surface area (Å²) in [6, 6.07) is 6.21. The topological polar surface area (TPSA) is 67.1 Å². The third kappa shape index (κ3) is 3.41. The predicted molar refractivity (Wildman–Crippen MR) is 101 cm³/mol. The van der Waals surface area contributed by atoms with E-state index in [1.54, 1.807) is 6.33 Å². The largest absolute Gasteiger partial charge is 0.393 e. The molecule has 0 radical (unpaired) electrons. The van der Waals surface area contributed by atoms with Crippen molar-refractivity contribution in [3.63, 3.8) is 0 Å². The molecular weight excluding hydrogens is 322 g/mol. The summed E-state index contributed by atoms with van der Waals surface area (Å²) >= 11 is 6.03. The van der Waals surface area contributed by atoms with Gasteiger partial charge in [-0.15, -0.1) is 0 Å². The van der Waals surface area contributed by atoms with Crippen LogP contribution in [0.3, 0.4) is 0 Å². The molecule has 3 rings (SSSR count). The molecule has 6 heteroatoms. The van der Waals surface area contributed by atoms with Gasteiger partial charge in [0.05, 0.1) is 0 Å². The number of anilines is 4. The maximum atomic E-state index is 6.40. The van der Waals surface area contributed by atoms with Gasteiger partial charge in [0, 0.05) is 23.3 Å². The molecule has 0 spiro atoms. The molecule has 0 saturated carbocycles. The molecule has 0 amide bonds. The number of nitrogens with two attached hydrogens (primary N) is 1. The first-order valence-corrected chi connectivity index (χ1v) is 8.88. The first-order valence-electron chi connectivity index (χ1n) is 8.50. The highest BCUT2D eigenvalue weighted by molar-refractivity contribution is 6.30. The van der Waals surface area contributed by atoms with Gasteiger partial charge in [-0.3, -0.25) is 0 Å². The average Bonchev–Trinajstić information content (AvgIpc) is 2.59. The number of aromatic nitrogens is 2. The van der Waals surface area contributed by atoms with Crippen molar-refractivity contribution in [2.45, 2.75) is 45.6 Å². The second kappa shape index (κ2) is 7.26. The van der Waals surface area contributed by atoms with E-state index in [2.05, 4.69) is 27.1 Å². The van der Waals surface area contributed by atoms with E-state index in [0.717, 1.165) is 30.0 Å². The first kappa shape index (κ1) is 16.8. The second-order valence-electron chi connectivity index (χ2n) is 6.30. The molecule has 2 aromatic rings. The zero-order chi connectivity index (χ0) is 17.1. The quantitative estimate of drug-likeness (QED) is 0.851. The van der Waals surface area contributed by atoms with Gasteiger partial charge in [-0.1, -0.05) is 18.5 Å².